The van der Waals surface area contributed by atoms with E-state index in [0.717, 1.165) is 4.47 Å². The van der Waals surface area contributed by atoms with Gasteiger partial charge < -0.3 is 10.7 Å². The molecule has 13 heavy (non-hydrogen) atoms. The third-order valence-corrected chi connectivity index (χ3v) is 2.37. The van der Waals surface area contributed by atoms with Crippen molar-refractivity contribution in [2.75, 3.05) is 5.73 Å². The predicted molar refractivity (Wildman–Crippen MR) is 52.9 cm³/mol. The van der Waals surface area contributed by atoms with E-state index in [1.165, 1.54) is 0 Å². The van der Waals surface area contributed by atoms with Gasteiger partial charge in [0.1, 0.15) is 11.6 Å². The van der Waals surface area contributed by atoms with Crippen LogP contribution in [-0.4, -0.2) is 9.97 Å². The molecule has 0 unspecified atom stereocenters. The van der Waals surface area contributed by atoms with Gasteiger partial charge in [-0.2, -0.15) is 5.26 Å². The third kappa shape index (κ3) is 1.15. The van der Waals surface area contributed by atoms with E-state index in [0.29, 0.717) is 22.5 Å². The van der Waals surface area contributed by atoms with Crippen LogP contribution in [0.5, 0.6) is 0 Å². The van der Waals surface area contributed by atoms with E-state index in [9.17, 15) is 0 Å². The second kappa shape index (κ2) is 2.75. The fraction of sp³-hybridized carbons (Fsp3) is 0. The Morgan fingerprint density at radius 2 is 2.31 bits per heavy atom. The molecule has 0 fully saturated rings. The molecule has 0 aliphatic heterocycles. The van der Waals surface area contributed by atoms with Gasteiger partial charge in [0.2, 0.25) is 0 Å². The highest BCUT2D eigenvalue weighted by molar-refractivity contribution is 9.10. The third-order valence-electron chi connectivity index (χ3n) is 1.73. The molecule has 5 heteroatoms. The van der Waals surface area contributed by atoms with Gasteiger partial charge in [0.15, 0.2) is 5.95 Å². The van der Waals surface area contributed by atoms with Crippen molar-refractivity contribution in [1.82, 2.24) is 9.97 Å². The summed E-state index contributed by atoms with van der Waals surface area (Å²) in [6, 6.07) is 5.55. The van der Waals surface area contributed by atoms with Crippen LogP contribution in [-0.2, 0) is 0 Å². The summed E-state index contributed by atoms with van der Waals surface area (Å²) in [5, 5.41) is 8.78. The van der Waals surface area contributed by atoms with Gasteiger partial charge >= 0.3 is 0 Å². The molecule has 0 spiro atoms. The molecule has 0 amide bonds. The maximum atomic E-state index is 8.78. The zero-order chi connectivity index (χ0) is 9.42. The molecule has 0 aliphatic carbocycles. The Kier molecular flexibility index (Phi) is 1.71. The van der Waals surface area contributed by atoms with Crippen LogP contribution >= 0.6 is 15.9 Å². The summed E-state index contributed by atoms with van der Waals surface area (Å²) in [7, 11) is 0. The lowest BCUT2D eigenvalue weighted by Gasteiger charge is -1.93. The summed E-state index contributed by atoms with van der Waals surface area (Å²) in [4.78, 5) is 6.88. The van der Waals surface area contributed by atoms with Crippen LogP contribution < -0.4 is 5.73 Å². The number of hydrogen-bond acceptors (Lipinski definition) is 3. The standard InChI is InChI=1S/C8H5BrN4/c9-5-2-1-4(3-10)6-7(5)13-8(11)12-6/h1-2H,(H3,11,12,13). The lowest BCUT2D eigenvalue weighted by Crippen LogP contribution is -1.84. The zero-order valence-electron chi connectivity index (χ0n) is 6.50. The van der Waals surface area contributed by atoms with Crippen LogP contribution in [0.4, 0.5) is 5.95 Å². The maximum Gasteiger partial charge on any atom is 0.198 e. The molecule has 0 atom stereocenters. The van der Waals surface area contributed by atoms with Crippen LogP contribution in [0.1, 0.15) is 5.56 Å². The molecule has 1 aromatic carbocycles. The Hall–Kier alpha value is -1.54. The summed E-state index contributed by atoms with van der Waals surface area (Å²) in [6.07, 6.45) is 0. The average molecular weight is 237 g/mol. The maximum absolute atomic E-state index is 8.78. The Bertz CT molecular complexity index is 509. The monoisotopic (exact) mass is 236 g/mol. The fourth-order valence-corrected chi connectivity index (χ4v) is 1.59. The Labute approximate surface area is 82.5 Å². The summed E-state index contributed by atoms with van der Waals surface area (Å²) in [5.41, 5.74) is 7.40. The zero-order valence-corrected chi connectivity index (χ0v) is 8.09. The number of rotatable bonds is 0. The van der Waals surface area contributed by atoms with Gasteiger partial charge in [-0.15, -0.1) is 0 Å². The van der Waals surface area contributed by atoms with Crippen molar-refractivity contribution in [3.8, 4) is 6.07 Å². The van der Waals surface area contributed by atoms with E-state index in [1.807, 2.05) is 0 Å². The first-order valence-corrected chi connectivity index (χ1v) is 4.35. The number of imidazole rings is 1. The number of H-pyrrole nitrogens is 1. The van der Waals surface area contributed by atoms with E-state index in [2.05, 4.69) is 32.0 Å². The van der Waals surface area contributed by atoms with Crippen LogP contribution in [0.25, 0.3) is 11.0 Å². The number of aromatic nitrogens is 2. The Morgan fingerprint density at radius 3 is 3.00 bits per heavy atom. The number of nitrogens with two attached hydrogens (primary N) is 1. The first-order chi connectivity index (χ1) is 6.22. The van der Waals surface area contributed by atoms with E-state index in [-0.39, 0.29) is 0 Å². The number of nitrogens with one attached hydrogen (secondary N) is 1. The molecule has 3 N–H and O–H groups in total. The van der Waals surface area contributed by atoms with Gasteiger partial charge in [-0.3, -0.25) is 0 Å². The highest BCUT2D eigenvalue weighted by Gasteiger charge is 2.07. The van der Waals surface area contributed by atoms with Gasteiger partial charge in [0.05, 0.1) is 11.1 Å². The van der Waals surface area contributed by atoms with Crippen molar-refractivity contribution < 1.29 is 0 Å². The largest absolute Gasteiger partial charge is 0.369 e. The lowest BCUT2D eigenvalue weighted by molar-refractivity contribution is 1.35. The van der Waals surface area contributed by atoms with Crippen LogP contribution in [0, 0.1) is 11.3 Å². The molecule has 1 aromatic heterocycles. The SMILES string of the molecule is N#Cc1ccc(Br)c2nc(N)[nH]c12. The number of aromatic amines is 1. The molecule has 1 heterocycles. The van der Waals surface area contributed by atoms with Crippen molar-refractivity contribution in [2.45, 2.75) is 0 Å². The second-order valence-electron chi connectivity index (χ2n) is 2.55. The van der Waals surface area contributed by atoms with E-state index in [4.69, 9.17) is 11.0 Å². The number of nitrogens with zero attached hydrogens (tertiary/aromatic N) is 2. The van der Waals surface area contributed by atoms with Crippen molar-refractivity contribution in [3.05, 3.63) is 22.2 Å². The van der Waals surface area contributed by atoms with Gasteiger partial charge in [-0.1, -0.05) is 0 Å². The number of nitrogen functional groups attached to an aromatic ring is 1. The molecule has 0 aliphatic rings. The molecule has 64 valence electrons. The number of anilines is 1. The molecule has 0 saturated heterocycles. The molecule has 4 nitrogen and oxygen atoms in total. The predicted octanol–water partition coefficient (Wildman–Crippen LogP) is 1.78. The minimum Gasteiger partial charge on any atom is -0.369 e. The van der Waals surface area contributed by atoms with Gasteiger partial charge in [0.25, 0.3) is 0 Å². The molecular formula is C8H5BrN4. The summed E-state index contributed by atoms with van der Waals surface area (Å²) >= 11 is 3.33. The van der Waals surface area contributed by atoms with Crippen molar-refractivity contribution in [1.29, 1.82) is 5.26 Å². The normalized spacial score (nSPS) is 10.2. The molecule has 0 radical (unpaired) electrons. The summed E-state index contributed by atoms with van der Waals surface area (Å²) < 4.78 is 0.828. The molecular weight excluding hydrogens is 232 g/mol. The lowest BCUT2D eigenvalue weighted by atomic mass is 10.2. The number of halogens is 1. The minimum atomic E-state index is 0.318. The Balaban J connectivity index is 2.94. The molecule has 2 rings (SSSR count). The fourth-order valence-electron chi connectivity index (χ4n) is 1.17. The highest BCUT2D eigenvalue weighted by atomic mass is 79.9. The second-order valence-corrected chi connectivity index (χ2v) is 3.41. The van der Waals surface area contributed by atoms with E-state index < -0.39 is 0 Å². The first kappa shape index (κ1) is 8.08. The van der Waals surface area contributed by atoms with Gasteiger partial charge in [0, 0.05) is 4.47 Å². The molecule has 0 saturated carbocycles. The smallest absolute Gasteiger partial charge is 0.198 e. The number of nitriles is 1. The highest BCUT2D eigenvalue weighted by Crippen LogP contribution is 2.25. The summed E-state index contributed by atoms with van der Waals surface area (Å²) in [6.45, 7) is 0. The molecule has 2 aromatic rings. The minimum absolute atomic E-state index is 0.318. The number of hydrogen-bond donors (Lipinski definition) is 2. The topological polar surface area (TPSA) is 78.5 Å². The van der Waals surface area contributed by atoms with Crippen molar-refractivity contribution in [2.24, 2.45) is 0 Å². The quantitative estimate of drug-likeness (QED) is 0.732. The Morgan fingerprint density at radius 1 is 1.54 bits per heavy atom. The van der Waals surface area contributed by atoms with Crippen LogP contribution in [0.3, 0.4) is 0 Å². The van der Waals surface area contributed by atoms with Crippen LogP contribution in [0.15, 0.2) is 16.6 Å². The van der Waals surface area contributed by atoms with Gasteiger partial charge in [-0.05, 0) is 28.1 Å². The van der Waals surface area contributed by atoms with Crippen LogP contribution in [0.2, 0.25) is 0 Å². The first-order valence-electron chi connectivity index (χ1n) is 3.56. The van der Waals surface area contributed by atoms with Crippen molar-refractivity contribution >= 4 is 32.9 Å². The van der Waals surface area contributed by atoms with E-state index in [1.54, 1.807) is 12.1 Å². The average Bonchev–Trinajstić information content (AvgIpc) is 2.48. The number of benzene rings is 1. The van der Waals surface area contributed by atoms with E-state index >= 15 is 0 Å². The van der Waals surface area contributed by atoms with Gasteiger partial charge in [-0.25, -0.2) is 4.98 Å². The van der Waals surface area contributed by atoms with Crippen molar-refractivity contribution in [3.63, 3.8) is 0 Å². The molecule has 0 bridgehead atoms. The number of fused-ring (bicyclic) bond motifs is 1. The summed E-state index contributed by atoms with van der Waals surface area (Å²) in [5.74, 6) is 0.318.